The number of carbonyl (C=O) groups is 2. The minimum absolute atomic E-state index is 0.000937. The number of imide groups is 1. The van der Waals surface area contributed by atoms with E-state index >= 15 is 0 Å². The Kier molecular flexibility index (Phi) is 5.13. The summed E-state index contributed by atoms with van der Waals surface area (Å²) in [5.41, 5.74) is 6.56. The van der Waals surface area contributed by atoms with Gasteiger partial charge in [-0.25, -0.2) is 0 Å². The highest BCUT2D eigenvalue weighted by Gasteiger charge is 2.35. The van der Waals surface area contributed by atoms with Crippen LogP contribution in [-0.4, -0.2) is 27.7 Å². The normalized spacial score (nSPS) is 17.0. The Bertz CT molecular complexity index is 624. The fourth-order valence-electron chi connectivity index (χ4n) is 2.28. The van der Waals surface area contributed by atoms with E-state index in [0.717, 1.165) is 24.6 Å². The van der Waals surface area contributed by atoms with E-state index in [9.17, 15) is 14.7 Å². The van der Waals surface area contributed by atoms with Crippen LogP contribution in [0.3, 0.4) is 0 Å². The maximum atomic E-state index is 12.4. The summed E-state index contributed by atoms with van der Waals surface area (Å²) in [6.45, 7) is 4.58. The number of nitrogens with two attached hydrogens (primary N) is 1. The molecule has 1 aromatic rings. The molecule has 0 aromatic heterocycles. The number of benzene rings is 1. The van der Waals surface area contributed by atoms with Gasteiger partial charge in [0.15, 0.2) is 0 Å². The molecule has 1 heterocycles. The first-order chi connectivity index (χ1) is 10.5. The van der Waals surface area contributed by atoms with E-state index in [2.05, 4.69) is 13.8 Å². The number of thioether (sulfide) groups is 1. The van der Waals surface area contributed by atoms with E-state index in [4.69, 9.17) is 5.73 Å². The van der Waals surface area contributed by atoms with E-state index < -0.39 is 0 Å². The zero-order chi connectivity index (χ0) is 16.3. The Morgan fingerprint density at radius 2 is 2.00 bits per heavy atom. The van der Waals surface area contributed by atoms with Crippen molar-refractivity contribution in [1.29, 1.82) is 0 Å². The van der Waals surface area contributed by atoms with Crippen molar-refractivity contribution in [3.8, 4) is 5.75 Å². The summed E-state index contributed by atoms with van der Waals surface area (Å²) in [6, 6.07) is 4.69. The van der Waals surface area contributed by atoms with Gasteiger partial charge in [-0.3, -0.25) is 14.5 Å². The molecule has 0 atom stereocenters. The summed E-state index contributed by atoms with van der Waals surface area (Å²) >= 11 is 0.945. The first-order valence-corrected chi connectivity index (χ1v) is 8.11. The Balaban J connectivity index is 2.20. The van der Waals surface area contributed by atoms with Crippen LogP contribution in [0.15, 0.2) is 23.1 Å². The third-order valence-corrected chi connectivity index (χ3v) is 4.73. The van der Waals surface area contributed by atoms with Crippen LogP contribution in [0.1, 0.15) is 32.3 Å². The van der Waals surface area contributed by atoms with Gasteiger partial charge in [0.25, 0.3) is 11.1 Å². The summed E-state index contributed by atoms with van der Waals surface area (Å²) in [5, 5.41) is 9.19. The first kappa shape index (κ1) is 16.4. The average Bonchev–Trinajstić information content (AvgIpc) is 2.75. The minimum Gasteiger partial charge on any atom is -0.506 e. The maximum Gasteiger partial charge on any atom is 0.293 e. The van der Waals surface area contributed by atoms with E-state index in [1.165, 1.54) is 11.0 Å². The fraction of sp³-hybridized carbons (Fsp3) is 0.375. The van der Waals surface area contributed by atoms with Crippen molar-refractivity contribution in [2.75, 3.05) is 12.3 Å². The van der Waals surface area contributed by atoms with Gasteiger partial charge in [0.2, 0.25) is 0 Å². The monoisotopic (exact) mass is 320 g/mol. The third kappa shape index (κ3) is 3.44. The van der Waals surface area contributed by atoms with Gasteiger partial charge in [0.1, 0.15) is 5.75 Å². The molecule has 3 N–H and O–H groups in total. The number of nitrogen functional groups attached to an aromatic ring is 1. The smallest absolute Gasteiger partial charge is 0.293 e. The third-order valence-electron chi connectivity index (χ3n) is 3.82. The summed E-state index contributed by atoms with van der Waals surface area (Å²) in [7, 11) is 0. The van der Waals surface area contributed by atoms with Crippen LogP contribution in [0.4, 0.5) is 10.5 Å². The summed E-state index contributed by atoms with van der Waals surface area (Å²) in [6.07, 6.45) is 3.51. The highest BCUT2D eigenvalue weighted by molar-refractivity contribution is 8.18. The molecule has 5 nitrogen and oxygen atoms in total. The lowest BCUT2D eigenvalue weighted by Crippen LogP contribution is -2.33. The number of phenolic OH excluding ortho intramolecular Hbond substituents is 1. The van der Waals surface area contributed by atoms with Crippen molar-refractivity contribution in [3.05, 3.63) is 28.7 Å². The molecule has 1 fully saturated rings. The predicted molar refractivity (Wildman–Crippen MR) is 89.3 cm³/mol. The number of phenols is 1. The molecular weight excluding hydrogens is 300 g/mol. The van der Waals surface area contributed by atoms with Crippen molar-refractivity contribution >= 4 is 34.7 Å². The number of anilines is 1. The number of rotatable bonds is 5. The molecule has 0 spiro atoms. The van der Waals surface area contributed by atoms with Gasteiger partial charge in [0.05, 0.1) is 10.6 Å². The molecule has 22 heavy (non-hydrogen) atoms. The molecule has 1 aliphatic heterocycles. The number of aromatic hydroxyl groups is 1. The van der Waals surface area contributed by atoms with Crippen LogP contribution in [0.5, 0.6) is 5.75 Å². The zero-order valence-corrected chi connectivity index (χ0v) is 13.5. The number of amides is 2. The lowest BCUT2D eigenvalue weighted by atomic mass is 10.0. The Labute approximate surface area is 134 Å². The van der Waals surface area contributed by atoms with Gasteiger partial charge in [0, 0.05) is 6.54 Å². The van der Waals surface area contributed by atoms with E-state index in [-0.39, 0.29) is 22.6 Å². The molecular formula is C16H20N2O3S. The van der Waals surface area contributed by atoms with Crippen molar-refractivity contribution < 1.29 is 14.7 Å². The van der Waals surface area contributed by atoms with E-state index in [0.29, 0.717) is 22.9 Å². The number of nitrogens with zero attached hydrogens (tertiary/aromatic N) is 1. The Hall–Kier alpha value is -1.95. The average molecular weight is 320 g/mol. The summed E-state index contributed by atoms with van der Waals surface area (Å²) < 4.78 is 0. The molecule has 2 amide bonds. The minimum atomic E-state index is -0.256. The van der Waals surface area contributed by atoms with Crippen molar-refractivity contribution in [2.45, 2.75) is 26.7 Å². The van der Waals surface area contributed by atoms with Crippen LogP contribution < -0.4 is 5.73 Å². The second-order valence-corrected chi connectivity index (χ2v) is 6.29. The highest BCUT2D eigenvalue weighted by atomic mass is 32.2. The molecule has 1 saturated heterocycles. The number of hydrogen-bond acceptors (Lipinski definition) is 5. The largest absolute Gasteiger partial charge is 0.506 e. The second kappa shape index (κ2) is 6.87. The molecule has 1 aliphatic rings. The zero-order valence-electron chi connectivity index (χ0n) is 12.7. The van der Waals surface area contributed by atoms with Crippen LogP contribution in [-0.2, 0) is 4.79 Å². The lowest BCUT2D eigenvalue weighted by Gasteiger charge is -2.18. The van der Waals surface area contributed by atoms with Crippen LogP contribution >= 0.6 is 11.8 Å². The molecule has 118 valence electrons. The van der Waals surface area contributed by atoms with Gasteiger partial charge in [-0.15, -0.1) is 0 Å². The van der Waals surface area contributed by atoms with Gasteiger partial charge < -0.3 is 10.8 Å². The molecule has 1 aromatic carbocycles. The van der Waals surface area contributed by atoms with Crippen molar-refractivity contribution in [3.63, 3.8) is 0 Å². The van der Waals surface area contributed by atoms with Crippen LogP contribution in [0, 0.1) is 5.92 Å². The van der Waals surface area contributed by atoms with Crippen molar-refractivity contribution in [1.82, 2.24) is 4.90 Å². The van der Waals surface area contributed by atoms with E-state index in [1.807, 2.05) is 0 Å². The van der Waals surface area contributed by atoms with E-state index in [1.54, 1.807) is 18.2 Å². The lowest BCUT2D eigenvalue weighted by molar-refractivity contribution is -0.123. The maximum absolute atomic E-state index is 12.4. The fourth-order valence-corrected chi connectivity index (χ4v) is 3.12. The molecule has 0 unspecified atom stereocenters. The quantitative estimate of drug-likeness (QED) is 0.493. The molecule has 0 radical (unpaired) electrons. The summed E-state index contributed by atoms with van der Waals surface area (Å²) in [4.78, 5) is 26.1. The Morgan fingerprint density at radius 3 is 2.59 bits per heavy atom. The second-order valence-electron chi connectivity index (χ2n) is 5.29. The van der Waals surface area contributed by atoms with Crippen molar-refractivity contribution in [2.24, 2.45) is 5.92 Å². The first-order valence-electron chi connectivity index (χ1n) is 7.30. The number of carbonyl (C=O) groups excluding carboxylic acids is 2. The van der Waals surface area contributed by atoms with Gasteiger partial charge in [-0.2, -0.15) is 0 Å². The predicted octanol–water partition coefficient (Wildman–Crippen LogP) is 3.45. The Morgan fingerprint density at radius 1 is 1.32 bits per heavy atom. The van der Waals surface area contributed by atoms with Gasteiger partial charge in [-0.05, 0) is 41.5 Å². The highest BCUT2D eigenvalue weighted by Crippen LogP contribution is 2.34. The molecule has 2 rings (SSSR count). The SMILES string of the molecule is CCC(CC)CN1C(=O)S/C(=C/c2ccc(O)c(N)c2)C1=O. The topological polar surface area (TPSA) is 83.6 Å². The van der Waals surface area contributed by atoms with Crippen LogP contribution in [0.2, 0.25) is 0 Å². The molecule has 0 aliphatic carbocycles. The van der Waals surface area contributed by atoms with Gasteiger partial charge in [-0.1, -0.05) is 32.8 Å². The summed E-state index contributed by atoms with van der Waals surface area (Å²) in [5.74, 6) is 0.0738. The van der Waals surface area contributed by atoms with Crippen LogP contribution in [0.25, 0.3) is 6.08 Å². The standard InChI is InChI=1S/C16H20N2O3S/c1-3-10(4-2)9-18-15(20)14(22-16(18)21)8-11-5-6-13(19)12(17)7-11/h5-8,10,19H,3-4,9,17H2,1-2H3/b14-8+. The number of hydrogen-bond donors (Lipinski definition) is 2. The van der Waals surface area contributed by atoms with Gasteiger partial charge >= 0.3 is 0 Å². The molecule has 0 bridgehead atoms. The molecule has 0 saturated carbocycles. The molecule has 6 heteroatoms.